The van der Waals surface area contributed by atoms with Gasteiger partial charge in [0, 0.05) is 18.6 Å². The molecule has 2 N–H and O–H groups in total. The van der Waals surface area contributed by atoms with E-state index >= 15 is 0 Å². The van der Waals surface area contributed by atoms with Gasteiger partial charge in [-0.15, -0.1) is 0 Å². The Morgan fingerprint density at radius 2 is 2.15 bits per heavy atom. The highest BCUT2D eigenvalue weighted by atomic mass is 14.9. The van der Waals surface area contributed by atoms with Crippen LogP contribution in [-0.2, 0) is 13.5 Å². The molecule has 13 heavy (non-hydrogen) atoms. The standard InChI is InChI=1S/C11H14N2/c1-3-8-7-13(2)11-9(8)5-4-6-10(11)12/h4-7H,3,12H2,1-2H3. The molecule has 1 aromatic heterocycles. The highest BCUT2D eigenvalue weighted by Crippen LogP contribution is 2.25. The van der Waals surface area contributed by atoms with Crippen LogP contribution in [0.2, 0.25) is 0 Å². The summed E-state index contributed by atoms with van der Waals surface area (Å²) < 4.78 is 2.10. The molecule has 0 amide bonds. The van der Waals surface area contributed by atoms with Crippen molar-refractivity contribution in [3.8, 4) is 0 Å². The summed E-state index contributed by atoms with van der Waals surface area (Å²) in [7, 11) is 2.04. The van der Waals surface area contributed by atoms with Crippen molar-refractivity contribution in [3.63, 3.8) is 0 Å². The molecule has 0 spiro atoms. The lowest BCUT2D eigenvalue weighted by atomic mass is 10.1. The van der Waals surface area contributed by atoms with Crippen molar-refractivity contribution < 1.29 is 0 Å². The zero-order valence-electron chi connectivity index (χ0n) is 8.04. The highest BCUT2D eigenvalue weighted by molar-refractivity contribution is 5.93. The Morgan fingerprint density at radius 3 is 2.85 bits per heavy atom. The van der Waals surface area contributed by atoms with Crippen LogP contribution in [0.3, 0.4) is 0 Å². The number of benzene rings is 1. The molecular formula is C11H14N2. The molecule has 2 aromatic rings. The zero-order valence-corrected chi connectivity index (χ0v) is 8.04. The minimum Gasteiger partial charge on any atom is -0.397 e. The molecule has 1 heterocycles. The third-order valence-electron chi connectivity index (χ3n) is 2.50. The molecule has 2 nitrogen and oxygen atoms in total. The number of anilines is 1. The largest absolute Gasteiger partial charge is 0.397 e. The number of rotatable bonds is 1. The fourth-order valence-corrected chi connectivity index (χ4v) is 1.86. The van der Waals surface area contributed by atoms with Crippen molar-refractivity contribution >= 4 is 16.6 Å². The normalized spacial score (nSPS) is 10.9. The average molecular weight is 174 g/mol. The van der Waals surface area contributed by atoms with Gasteiger partial charge < -0.3 is 10.3 Å². The number of aryl methyl sites for hydroxylation is 2. The van der Waals surface area contributed by atoms with Crippen LogP contribution in [0.5, 0.6) is 0 Å². The lowest BCUT2D eigenvalue weighted by molar-refractivity contribution is 0.955. The number of nitrogen functional groups attached to an aromatic ring is 1. The Hall–Kier alpha value is -1.44. The van der Waals surface area contributed by atoms with Crippen molar-refractivity contribution in [3.05, 3.63) is 30.0 Å². The quantitative estimate of drug-likeness (QED) is 0.661. The van der Waals surface area contributed by atoms with E-state index in [2.05, 4.69) is 23.8 Å². The van der Waals surface area contributed by atoms with E-state index in [-0.39, 0.29) is 0 Å². The van der Waals surface area contributed by atoms with Crippen LogP contribution in [0, 0.1) is 0 Å². The van der Waals surface area contributed by atoms with Crippen molar-refractivity contribution in [2.75, 3.05) is 5.73 Å². The Bertz CT molecular complexity index is 441. The Morgan fingerprint density at radius 1 is 1.38 bits per heavy atom. The number of nitrogens with two attached hydrogens (primary N) is 1. The van der Waals surface area contributed by atoms with E-state index in [0.717, 1.165) is 17.6 Å². The molecule has 2 heteroatoms. The molecule has 0 bridgehead atoms. The number of fused-ring (bicyclic) bond motifs is 1. The molecular weight excluding hydrogens is 160 g/mol. The van der Waals surface area contributed by atoms with E-state index in [1.54, 1.807) is 0 Å². The molecule has 0 aliphatic carbocycles. The van der Waals surface area contributed by atoms with Crippen LogP contribution in [0.1, 0.15) is 12.5 Å². The summed E-state index contributed by atoms with van der Waals surface area (Å²) in [5.74, 6) is 0. The van der Waals surface area contributed by atoms with Crippen molar-refractivity contribution in [2.24, 2.45) is 7.05 Å². The molecule has 0 unspecified atom stereocenters. The lowest BCUT2D eigenvalue weighted by Gasteiger charge is -1.99. The summed E-state index contributed by atoms with van der Waals surface area (Å²) in [5.41, 5.74) is 9.28. The zero-order chi connectivity index (χ0) is 9.42. The van der Waals surface area contributed by atoms with Gasteiger partial charge in [0.25, 0.3) is 0 Å². The van der Waals surface area contributed by atoms with Gasteiger partial charge >= 0.3 is 0 Å². The molecule has 0 saturated carbocycles. The fraction of sp³-hybridized carbons (Fsp3) is 0.273. The SMILES string of the molecule is CCc1cn(C)c2c(N)cccc12. The number of nitrogens with zero attached hydrogens (tertiary/aromatic N) is 1. The summed E-state index contributed by atoms with van der Waals surface area (Å²) in [6.07, 6.45) is 3.21. The molecule has 0 aliphatic rings. The molecule has 2 rings (SSSR count). The molecule has 1 aromatic carbocycles. The average Bonchev–Trinajstić information content (AvgIpc) is 2.44. The molecule has 0 aliphatic heterocycles. The van der Waals surface area contributed by atoms with Crippen molar-refractivity contribution in [1.82, 2.24) is 4.57 Å². The molecule has 0 fully saturated rings. The minimum absolute atomic E-state index is 0.861. The van der Waals surface area contributed by atoms with Crippen LogP contribution in [0.4, 0.5) is 5.69 Å². The van der Waals surface area contributed by atoms with E-state index in [9.17, 15) is 0 Å². The summed E-state index contributed by atoms with van der Waals surface area (Å²) in [5, 5.41) is 1.28. The first-order valence-corrected chi connectivity index (χ1v) is 4.56. The lowest BCUT2D eigenvalue weighted by Crippen LogP contribution is -1.91. The number of aromatic nitrogens is 1. The van der Waals surface area contributed by atoms with E-state index in [1.807, 2.05) is 19.2 Å². The van der Waals surface area contributed by atoms with Gasteiger partial charge in [-0.3, -0.25) is 0 Å². The minimum atomic E-state index is 0.861. The first-order chi connectivity index (χ1) is 6.24. The van der Waals surface area contributed by atoms with Crippen LogP contribution in [0.25, 0.3) is 10.9 Å². The Kier molecular flexibility index (Phi) is 1.76. The van der Waals surface area contributed by atoms with Gasteiger partial charge in [-0.05, 0) is 18.1 Å². The third kappa shape index (κ3) is 1.10. The molecule has 0 radical (unpaired) electrons. The first-order valence-electron chi connectivity index (χ1n) is 4.56. The molecule has 0 saturated heterocycles. The van der Waals surface area contributed by atoms with Gasteiger partial charge in [0.1, 0.15) is 0 Å². The summed E-state index contributed by atoms with van der Waals surface area (Å²) in [6.45, 7) is 2.16. The smallest absolute Gasteiger partial charge is 0.0714 e. The maximum atomic E-state index is 5.90. The summed E-state index contributed by atoms with van der Waals surface area (Å²) in [4.78, 5) is 0. The molecule has 0 atom stereocenters. The van der Waals surface area contributed by atoms with Crippen LogP contribution < -0.4 is 5.73 Å². The summed E-state index contributed by atoms with van der Waals surface area (Å²) in [6, 6.07) is 6.09. The summed E-state index contributed by atoms with van der Waals surface area (Å²) >= 11 is 0. The second-order valence-corrected chi connectivity index (χ2v) is 3.36. The maximum absolute atomic E-state index is 5.90. The third-order valence-corrected chi connectivity index (χ3v) is 2.50. The van der Waals surface area contributed by atoms with Crippen LogP contribution in [-0.4, -0.2) is 4.57 Å². The van der Waals surface area contributed by atoms with E-state index < -0.39 is 0 Å². The topological polar surface area (TPSA) is 30.9 Å². The van der Waals surface area contributed by atoms with Crippen molar-refractivity contribution in [1.29, 1.82) is 0 Å². The fourth-order valence-electron chi connectivity index (χ4n) is 1.86. The monoisotopic (exact) mass is 174 g/mol. The maximum Gasteiger partial charge on any atom is 0.0714 e. The Balaban J connectivity index is 2.87. The van der Waals surface area contributed by atoms with Gasteiger partial charge in [-0.1, -0.05) is 19.1 Å². The predicted molar refractivity (Wildman–Crippen MR) is 56.7 cm³/mol. The highest BCUT2D eigenvalue weighted by Gasteiger charge is 2.06. The number of para-hydroxylation sites is 1. The predicted octanol–water partition coefficient (Wildman–Crippen LogP) is 2.32. The van der Waals surface area contributed by atoms with E-state index in [4.69, 9.17) is 5.73 Å². The van der Waals surface area contributed by atoms with Crippen LogP contribution >= 0.6 is 0 Å². The molecule has 68 valence electrons. The van der Waals surface area contributed by atoms with E-state index in [0.29, 0.717) is 0 Å². The van der Waals surface area contributed by atoms with Gasteiger partial charge in [0.2, 0.25) is 0 Å². The number of hydrogen-bond acceptors (Lipinski definition) is 1. The van der Waals surface area contributed by atoms with Gasteiger partial charge in [-0.25, -0.2) is 0 Å². The van der Waals surface area contributed by atoms with Crippen LogP contribution in [0.15, 0.2) is 24.4 Å². The van der Waals surface area contributed by atoms with Gasteiger partial charge in [-0.2, -0.15) is 0 Å². The van der Waals surface area contributed by atoms with Crippen molar-refractivity contribution in [2.45, 2.75) is 13.3 Å². The second kappa shape index (κ2) is 2.80. The van der Waals surface area contributed by atoms with Gasteiger partial charge in [0.05, 0.1) is 11.2 Å². The van der Waals surface area contributed by atoms with E-state index in [1.165, 1.54) is 10.9 Å². The second-order valence-electron chi connectivity index (χ2n) is 3.36. The number of hydrogen-bond donors (Lipinski definition) is 1. The van der Waals surface area contributed by atoms with Gasteiger partial charge in [0.15, 0.2) is 0 Å². The Labute approximate surface area is 78.0 Å². The first kappa shape index (κ1) is 8.17.